The van der Waals surface area contributed by atoms with Crippen molar-refractivity contribution in [2.24, 2.45) is 0 Å². The fourth-order valence-corrected chi connectivity index (χ4v) is 3.50. The van der Waals surface area contributed by atoms with Gasteiger partial charge in [0.1, 0.15) is 0 Å². The highest BCUT2D eigenvalue weighted by atomic mass is 16.5. The summed E-state index contributed by atoms with van der Waals surface area (Å²) in [7, 11) is 0. The summed E-state index contributed by atoms with van der Waals surface area (Å²) in [6.07, 6.45) is 9.32. The van der Waals surface area contributed by atoms with E-state index in [2.05, 4.69) is 79.7 Å². The fraction of sp³-hybridized carbons (Fsp3) is 0.364. The highest BCUT2D eigenvalue weighted by Crippen LogP contribution is 2.41. The molecule has 1 atom stereocenters. The third-order valence-electron chi connectivity index (χ3n) is 4.86. The first-order valence-corrected chi connectivity index (χ1v) is 8.74. The molecule has 1 unspecified atom stereocenters. The second-order valence-electron chi connectivity index (χ2n) is 6.42. The maximum Gasteiger partial charge on any atom is 0.0756 e. The van der Waals surface area contributed by atoms with E-state index in [1.807, 2.05) is 0 Å². The molecule has 2 aromatic carbocycles. The zero-order valence-electron chi connectivity index (χ0n) is 13.9. The molecule has 0 N–H and O–H groups in total. The minimum atomic E-state index is -0.0163. The smallest absolute Gasteiger partial charge is 0.0756 e. The summed E-state index contributed by atoms with van der Waals surface area (Å²) < 4.78 is 6.26. The first-order valence-electron chi connectivity index (χ1n) is 8.74. The van der Waals surface area contributed by atoms with E-state index in [0.717, 1.165) is 25.9 Å². The third-order valence-corrected chi connectivity index (χ3v) is 4.86. The molecule has 1 nitrogen and oxygen atoms in total. The minimum absolute atomic E-state index is 0.0163. The van der Waals surface area contributed by atoms with Crippen LogP contribution in [0.4, 0.5) is 0 Å². The van der Waals surface area contributed by atoms with E-state index in [0.29, 0.717) is 0 Å². The molecule has 0 saturated carbocycles. The summed E-state index contributed by atoms with van der Waals surface area (Å²) in [5.74, 6) is 0. The van der Waals surface area contributed by atoms with Gasteiger partial charge in [-0.15, -0.1) is 0 Å². The average Bonchev–Trinajstić information content (AvgIpc) is 2.64. The molecular weight excluding hydrogens is 280 g/mol. The highest BCUT2D eigenvalue weighted by Gasteiger charge is 2.38. The predicted molar refractivity (Wildman–Crippen MR) is 96.7 cm³/mol. The van der Waals surface area contributed by atoms with Gasteiger partial charge in [-0.1, -0.05) is 86.2 Å². The Morgan fingerprint density at radius 1 is 1.00 bits per heavy atom. The van der Waals surface area contributed by atoms with E-state index in [4.69, 9.17) is 4.74 Å². The Hall–Kier alpha value is -1.86. The van der Waals surface area contributed by atoms with Crippen LogP contribution in [0.2, 0.25) is 0 Å². The lowest BCUT2D eigenvalue weighted by Gasteiger charge is -2.40. The van der Waals surface area contributed by atoms with Crippen LogP contribution < -0.4 is 0 Å². The first kappa shape index (κ1) is 16.0. The van der Waals surface area contributed by atoms with Crippen molar-refractivity contribution in [1.82, 2.24) is 0 Å². The molecule has 1 saturated heterocycles. The van der Waals surface area contributed by atoms with E-state index >= 15 is 0 Å². The van der Waals surface area contributed by atoms with E-state index in [1.54, 1.807) is 0 Å². The van der Waals surface area contributed by atoms with Crippen molar-refractivity contribution in [2.45, 2.75) is 44.1 Å². The molecule has 0 aliphatic carbocycles. The molecule has 23 heavy (non-hydrogen) atoms. The second kappa shape index (κ2) is 7.61. The molecule has 1 heteroatoms. The standard InChI is InChI=1S/C22H26O/c1-2-3-6-15-21-16-17-22(18-23-21,19-11-7-4-8-12-19)20-13-9-5-10-14-20/h4-15,21H,2-3,16-18H2,1H3/b15-6+. The molecule has 0 aromatic heterocycles. The molecular formula is C22H26O. The minimum Gasteiger partial charge on any atom is -0.373 e. The van der Waals surface area contributed by atoms with Gasteiger partial charge in [0, 0.05) is 5.41 Å². The number of hydrogen-bond acceptors (Lipinski definition) is 1. The lowest BCUT2D eigenvalue weighted by molar-refractivity contribution is 0.00717. The van der Waals surface area contributed by atoms with E-state index < -0.39 is 0 Å². The Bertz CT molecular complexity index is 565. The first-order chi connectivity index (χ1) is 11.3. The van der Waals surface area contributed by atoms with Gasteiger partial charge in [-0.05, 0) is 30.4 Å². The van der Waals surface area contributed by atoms with Crippen molar-refractivity contribution in [3.63, 3.8) is 0 Å². The van der Waals surface area contributed by atoms with Crippen LogP contribution in [0.3, 0.4) is 0 Å². The van der Waals surface area contributed by atoms with Crippen LogP contribution >= 0.6 is 0 Å². The van der Waals surface area contributed by atoms with Gasteiger partial charge in [-0.2, -0.15) is 0 Å². The van der Waals surface area contributed by atoms with Gasteiger partial charge >= 0.3 is 0 Å². The van der Waals surface area contributed by atoms with Crippen LogP contribution in [0.25, 0.3) is 0 Å². The largest absolute Gasteiger partial charge is 0.373 e. The number of ether oxygens (including phenoxy) is 1. The van der Waals surface area contributed by atoms with Crippen LogP contribution in [-0.4, -0.2) is 12.7 Å². The van der Waals surface area contributed by atoms with E-state index in [-0.39, 0.29) is 11.5 Å². The molecule has 1 aliphatic rings. The van der Waals surface area contributed by atoms with Gasteiger partial charge in [0.05, 0.1) is 12.7 Å². The molecule has 1 fully saturated rings. The van der Waals surface area contributed by atoms with Crippen LogP contribution in [-0.2, 0) is 10.2 Å². The van der Waals surface area contributed by atoms with Crippen LogP contribution in [0, 0.1) is 0 Å². The molecule has 3 rings (SSSR count). The summed E-state index contributed by atoms with van der Waals surface area (Å²) >= 11 is 0. The lowest BCUT2D eigenvalue weighted by Crippen LogP contribution is -2.40. The van der Waals surface area contributed by atoms with Crippen molar-refractivity contribution in [3.8, 4) is 0 Å². The molecule has 2 aromatic rings. The summed E-state index contributed by atoms with van der Waals surface area (Å²) in [6, 6.07) is 21.7. The Morgan fingerprint density at radius 3 is 2.09 bits per heavy atom. The number of rotatable bonds is 5. The van der Waals surface area contributed by atoms with Crippen molar-refractivity contribution in [2.75, 3.05) is 6.61 Å². The van der Waals surface area contributed by atoms with Crippen molar-refractivity contribution in [1.29, 1.82) is 0 Å². The molecule has 1 heterocycles. The van der Waals surface area contributed by atoms with Crippen LogP contribution in [0.1, 0.15) is 43.7 Å². The van der Waals surface area contributed by atoms with Crippen LogP contribution in [0.5, 0.6) is 0 Å². The number of hydrogen-bond donors (Lipinski definition) is 0. The third kappa shape index (κ3) is 3.56. The van der Waals surface area contributed by atoms with Crippen molar-refractivity contribution in [3.05, 3.63) is 83.9 Å². The molecule has 0 radical (unpaired) electrons. The molecule has 120 valence electrons. The van der Waals surface area contributed by atoms with E-state index in [9.17, 15) is 0 Å². The fourth-order valence-electron chi connectivity index (χ4n) is 3.50. The SMILES string of the molecule is CCC/C=C/C1CCC(c2ccccc2)(c2ccccc2)CO1. The van der Waals surface area contributed by atoms with Gasteiger partial charge in [-0.3, -0.25) is 0 Å². The van der Waals surface area contributed by atoms with Gasteiger partial charge in [0.25, 0.3) is 0 Å². The van der Waals surface area contributed by atoms with Gasteiger partial charge < -0.3 is 4.74 Å². The Balaban J connectivity index is 1.85. The number of allylic oxidation sites excluding steroid dienone is 1. The van der Waals surface area contributed by atoms with Crippen molar-refractivity contribution >= 4 is 0 Å². The van der Waals surface area contributed by atoms with Crippen molar-refractivity contribution < 1.29 is 4.74 Å². The summed E-state index contributed by atoms with van der Waals surface area (Å²) in [6.45, 7) is 2.96. The molecule has 0 spiro atoms. The van der Waals surface area contributed by atoms with Gasteiger partial charge in [0.2, 0.25) is 0 Å². The Morgan fingerprint density at radius 2 is 1.61 bits per heavy atom. The zero-order chi connectivity index (χ0) is 16.0. The zero-order valence-corrected chi connectivity index (χ0v) is 13.9. The second-order valence-corrected chi connectivity index (χ2v) is 6.42. The highest BCUT2D eigenvalue weighted by molar-refractivity contribution is 5.40. The molecule has 0 bridgehead atoms. The summed E-state index contributed by atoms with van der Waals surface area (Å²) in [5, 5.41) is 0. The van der Waals surface area contributed by atoms with Gasteiger partial charge in [0.15, 0.2) is 0 Å². The predicted octanol–water partition coefficient (Wildman–Crippen LogP) is 5.51. The maximum atomic E-state index is 6.26. The normalized spacial score (nSPS) is 20.7. The summed E-state index contributed by atoms with van der Waals surface area (Å²) in [5.41, 5.74) is 2.71. The average molecular weight is 306 g/mol. The maximum absolute atomic E-state index is 6.26. The Labute approximate surface area is 140 Å². The Kier molecular flexibility index (Phi) is 5.30. The monoisotopic (exact) mass is 306 g/mol. The quantitative estimate of drug-likeness (QED) is 0.662. The van der Waals surface area contributed by atoms with E-state index in [1.165, 1.54) is 17.5 Å². The molecule has 0 amide bonds. The number of benzene rings is 2. The summed E-state index contributed by atoms with van der Waals surface area (Å²) in [4.78, 5) is 0. The number of unbranched alkanes of at least 4 members (excludes halogenated alkanes) is 1. The van der Waals surface area contributed by atoms with Gasteiger partial charge in [-0.25, -0.2) is 0 Å². The topological polar surface area (TPSA) is 9.23 Å². The molecule has 1 aliphatic heterocycles. The van der Waals surface area contributed by atoms with Crippen LogP contribution in [0.15, 0.2) is 72.8 Å². The lowest BCUT2D eigenvalue weighted by atomic mass is 9.70.